The summed E-state index contributed by atoms with van der Waals surface area (Å²) < 4.78 is 7.99. The molecule has 6 heteroatoms. The predicted molar refractivity (Wildman–Crippen MR) is 175 cm³/mol. The van der Waals surface area contributed by atoms with Crippen LogP contribution in [0.2, 0.25) is 10.0 Å². The molecule has 4 aromatic carbocycles. The van der Waals surface area contributed by atoms with Crippen LogP contribution in [0.15, 0.2) is 97.2 Å². The van der Waals surface area contributed by atoms with Gasteiger partial charge in [0, 0.05) is 23.3 Å². The van der Waals surface area contributed by atoms with Gasteiger partial charge in [0.2, 0.25) is 0 Å². The molecule has 214 valence electrons. The average Bonchev–Trinajstić information content (AvgIpc) is 3.39. The summed E-state index contributed by atoms with van der Waals surface area (Å²) in [5.74, 6) is 1.70. The molecule has 0 aliphatic heterocycles. The largest absolute Gasteiger partial charge is 0.494 e. The molecule has 0 aliphatic carbocycles. The Morgan fingerprint density at radius 1 is 0.905 bits per heavy atom. The number of aliphatic hydroxyl groups is 1. The highest BCUT2D eigenvalue weighted by Crippen LogP contribution is 2.31. The van der Waals surface area contributed by atoms with Crippen LogP contribution in [0.4, 0.5) is 0 Å². The molecule has 0 amide bonds. The third-order valence-electron chi connectivity index (χ3n) is 7.10. The molecule has 1 heterocycles. The zero-order valence-electron chi connectivity index (χ0n) is 23.8. The number of rotatable bonds is 11. The molecule has 0 saturated heterocycles. The Labute approximate surface area is 257 Å². The minimum absolute atomic E-state index is 0.501. The molecule has 1 unspecified atom stereocenters. The monoisotopic (exact) mass is 596 g/mol. The van der Waals surface area contributed by atoms with Crippen LogP contribution in [-0.2, 0) is 6.54 Å². The van der Waals surface area contributed by atoms with Crippen molar-refractivity contribution in [2.75, 3.05) is 6.61 Å². The molecule has 42 heavy (non-hydrogen) atoms. The summed E-state index contributed by atoms with van der Waals surface area (Å²) in [5, 5.41) is 11.0. The molecule has 0 spiro atoms. The maximum absolute atomic E-state index is 9.88. The second-order valence-corrected chi connectivity index (χ2v) is 11.2. The Kier molecular flexibility index (Phi) is 9.81. The zero-order valence-corrected chi connectivity index (χ0v) is 25.3. The van der Waals surface area contributed by atoms with E-state index in [0.717, 1.165) is 70.1 Å². The predicted octanol–water partition coefficient (Wildman–Crippen LogP) is 9.97. The van der Waals surface area contributed by atoms with E-state index in [1.165, 1.54) is 0 Å². The molecule has 1 N–H and O–H groups in total. The van der Waals surface area contributed by atoms with E-state index in [4.69, 9.17) is 32.9 Å². The smallest absolute Gasteiger partial charge is 0.133 e. The maximum Gasteiger partial charge on any atom is 0.133 e. The topological polar surface area (TPSA) is 47.3 Å². The van der Waals surface area contributed by atoms with E-state index in [2.05, 4.69) is 54.0 Å². The van der Waals surface area contributed by atoms with Crippen molar-refractivity contribution >= 4 is 35.4 Å². The van der Waals surface area contributed by atoms with Crippen LogP contribution in [-0.4, -0.2) is 21.3 Å². The molecule has 0 aliphatic rings. The van der Waals surface area contributed by atoms with Gasteiger partial charge in [-0.25, -0.2) is 4.98 Å². The Balaban J connectivity index is 1.39. The van der Waals surface area contributed by atoms with Crippen LogP contribution in [0, 0.1) is 0 Å². The van der Waals surface area contributed by atoms with E-state index < -0.39 is 6.10 Å². The lowest BCUT2D eigenvalue weighted by Gasteiger charge is -2.09. The van der Waals surface area contributed by atoms with Crippen molar-refractivity contribution in [3.63, 3.8) is 0 Å². The summed E-state index contributed by atoms with van der Waals surface area (Å²) in [6.07, 6.45) is 7.76. The molecular formula is C36H34Cl2N2O2. The van der Waals surface area contributed by atoms with E-state index in [-0.39, 0.29) is 0 Å². The first kappa shape index (κ1) is 29.7. The summed E-state index contributed by atoms with van der Waals surface area (Å²) in [6, 6.07) is 30.1. The number of imidazole rings is 1. The standard InChI is InChI=1S/C36H34Cl2N2O2/c1-3-4-20-42-32-7-5-6-30(21-32)29-15-8-26(9-16-29)12-19-36-39-35(33-18-17-31(37)22-34(33)38)24-40(36)23-27-10-13-28(14-11-27)25(2)41/h5-19,21-22,24-25,41H,3-4,20,23H2,1-2H3/b19-12+. The first-order valence-corrected chi connectivity index (χ1v) is 15.0. The number of aromatic nitrogens is 2. The number of unbranched alkanes of at least 4 members (excludes halogenated alkanes) is 1. The van der Waals surface area contributed by atoms with Gasteiger partial charge in [0.25, 0.3) is 0 Å². The fraction of sp³-hybridized carbons (Fsp3) is 0.194. The fourth-order valence-electron chi connectivity index (χ4n) is 4.67. The Hall–Kier alpha value is -3.83. The van der Waals surface area contributed by atoms with Crippen LogP contribution in [0.1, 0.15) is 55.3 Å². The van der Waals surface area contributed by atoms with Crippen LogP contribution >= 0.6 is 23.2 Å². The summed E-state index contributed by atoms with van der Waals surface area (Å²) in [7, 11) is 0. The van der Waals surface area contributed by atoms with E-state index in [0.29, 0.717) is 16.6 Å². The maximum atomic E-state index is 9.88. The highest BCUT2D eigenvalue weighted by molar-refractivity contribution is 6.36. The van der Waals surface area contributed by atoms with Crippen LogP contribution in [0.25, 0.3) is 34.5 Å². The molecule has 0 saturated carbocycles. The first-order valence-electron chi connectivity index (χ1n) is 14.2. The van der Waals surface area contributed by atoms with Gasteiger partial charge in [-0.3, -0.25) is 0 Å². The van der Waals surface area contributed by atoms with Gasteiger partial charge in [0.1, 0.15) is 11.6 Å². The van der Waals surface area contributed by atoms with Gasteiger partial charge >= 0.3 is 0 Å². The Morgan fingerprint density at radius 3 is 2.40 bits per heavy atom. The normalized spacial score (nSPS) is 12.1. The first-order chi connectivity index (χ1) is 20.4. The quantitative estimate of drug-likeness (QED) is 0.154. The summed E-state index contributed by atoms with van der Waals surface area (Å²) in [6.45, 7) is 5.28. The van der Waals surface area contributed by atoms with Crippen LogP contribution in [0.5, 0.6) is 5.75 Å². The molecule has 0 bridgehead atoms. The van der Waals surface area contributed by atoms with E-state index in [1.807, 2.05) is 60.8 Å². The van der Waals surface area contributed by atoms with Crippen molar-refractivity contribution in [1.82, 2.24) is 9.55 Å². The molecule has 1 aromatic heterocycles. The van der Waals surface area contributed by atoms with Gasteiger partial charge in [0.05, 0.1) is 23.4 Å². The van der Waals surface area contributed by atoms with Gasteiger partial charge in [-0.2, -0.15) is 0 Å². The Bertz CT molecular complexity index is 1660. The van der Waals surface area contributed by atoms with E-state index in [1.54, 1.807) is 13.0 Å². The molecule has 0 fully saturated rings. The van der Waals surface area contributed by atoms with Crippen molar-refractivity contribution < 1.29 is 9.84 Å². The van der Waals surface area contributed by atoms with Crippen molar-refractivity contribution in [2.24, 2.45) is 0 Å². The second kappa shape index (κ2) is 13.9. The van der Waals surface area contributed by atoms with Crippen molar-refractivity contribution in [2.45, 2.75) is 39.3 Å². The Morgan fingerprint density at radius 2 is 1.69 bits per heavy atom. The van der Waals surface area contributed by atoms with Crippen LogP contribution < -0.4 is 4.74 Å². The van der Waals surface area contributed by atoms with E-state index in [9.17, 15) is 5.11 Å². The van der Waals surface area contributed by atoms with Gasteiger partial charge in [-0.1, -0.05) is 103 Å². The molecule has 0 radical (unpaired) electrons. The lowest BCUT2D eigenvalue weighted by molar-refractivity contribution is 0.199. The highest BCUT2D eigenvalue weighted by atomic mass is 35.5. The van der Waals surface area contributed by atoms with Gasteiger partial charge < -0.3 is 14.4 Å². The van der Waals surface area contributed by atoms with Crippen LogP contribution in [0.3, 0.4) is 0 Å². The second-order valence-electron chi connectivity index (χ2n) is 10.3. The van der Waals surface area contributed by atoms with Crippen molar-refractivity contribution in [1.29, 1.82) is 0 Å². The van der Waals surface area contributed by atoms with Crippen molar-refractivity contribution in [3.05, 3.63) is 130 Å². The molecule has 4 nitrogen and oxygen atoms in total. The minimum atomic E-state index is -0.501. The number of aliphatic hydroxyl groups excluding tert-OH is 1. The molecule has 1 atom stereocenters. The number of ether oxygens (including phenoxy) is 1. The van der Waals surface area contributed by atoms with Gasteiger partial charge in [0.15, 0.2) is 0 Å². The average molecular weight is 598 g/mol. The number of nitrogens with zero attached hydrogens (tertiary/aromatic N) is 2. The molecular weight excluding hydrogens is 563 g/mol. The summed E-state index contributed by atoms with van der Waals surface area (Å²) in [5.41, 5.74) is 6.91. The lowest BCUT2D eigenvalue weighted by Crippen LogP contribution is -2.01. The fourth-order valence-corrected chi connectivity index (χ4v) is 5.18. The van der Waals surface area contributed by atoms with E-state index >= 15 is 0 Å². The van der Waals surface area contributed by atoms with Gasteiger partial charge in [-0.05, 0) is 77.6 Å². The van der Waals surface area contributed by atoms with Gasteiger partial charge in [-0.15, -0.1) is 0 Å². The number of hydrogen-bond donors (Lipinski definition) is 1. The highest BCUT2D eigenvalue weighted by Gasteiger charge is 2.12. The summed E-state index contributed by atoms with van der Waals surface area (Å²) >= 11 is 12.7. The SMILES string of the molecule is CCCCOc1cccc(-c2ccc(/C=C/c3nc(-c4ccc(Cl)cc4Cl)cn3Cc3ccc(C(C)O)cc3)cc2)c1. The number of benzene rings is 4. The minimum Gasteiger partial charge on any atom is -0.494 e. The lowest BCUT2D eigenvalue weighted by atomic mass is 10.0. The van der Waals surface area contributed by atoms with Crippen molar-refractivity contribution in [3.8, 4) is 28.1 Å². The molecule has 5 rings (SSSR count). The number of halogens is 2. The third kappa shape index (κ3) is 7.51. The number of hydrogen-bond acceptors (Lipinski definition) is 3. The molecule has 5 aromatic rings. The summed E-state index contributed by atoms with van der Waals surface area (Å²) in [4.78, 5) is 4.93. The third-order valence-corrected chi connectivity index (χ3v) is 7.65. The zero-order chi connectivity index (χ0) is 29.5.